The number of benzene rings is 1. The predicted octanol–water partition coefficient (Wildman–Crippen LogP) is 0.689. The molecule has 0 aliphatic carbocycles. The quantitative estimate of drug-likeness (QED) is 0.778. The average Bonchev–Trinajstić information content (AvgIpc) is 2.35. The Morgan fingerprint density at radius 1 is 1.33 bits per heavy atom. The molecule has 18 heavy (non-hydrogen) atoms. The van der Waals surface area contributed by atoms with Gasteiger partial charge in [0, 0.05) is 32.7 Å². The van der Waals surface area contributed by atoms with Crippen LogP contribution in [-0.4, -0.2) is 54.7 Å². The molecule has 1 aromatic rings. The van der Waals surface area contributed by atoms with Gasteiger partial charge in [-0.2, -0.15) is 0 Å². The molecule has 5 heteroatoms. The van der Waals surface area contributed by atoms with Gasteiger partial charge in [-0.1, -0.05) is 6.07 Å². The summed E-state index contributed by atoms with van der Waals surface area (Å²) in [5, 5.41) is 10.1. The largest absolute Gasteiger partial charge is 0.396 e. The first-order valence-electron chi connectivity index (χ1n) is 6.20. The van der Waals surface area contributed by atoms with Gasteiger partial charge in [0.2, 0.25) is 0 Å². The Bertz CT molecular complexity index is 405. The van der Waals surface area contributed by atoms with Gasteiger partial charge in [0.1, 0.15) is 5.82 Å². The Morgan fingerprint density at radius 3 is 2.61 bits per heavy atom. The second kappa shape index (κ2) is 5.65. The van der Waals surface area contributed by atoms with Crippen molar-refractivity contribution in [2.24, 2.45) is 0 Å². The third-order valence-corrected chi connectivity index (χ3v) is 3.43. The van der Waals surface area contributed by atoms with Crippen LogP contribution in [0.3, 0.4) is 0 Å². The van der Waals surface area contributed by atoms with Crippen molar-refractivity contribution in [3.8, 4) is 0 Å². The second-order valence-electron chi connectivity index (χ2n) is 4.90. The molecule has 0 aromatic heterocycles. The van der Waals surface area contributed by atoms with Gasteiger partial charge >= 0.3 is 0 Å². The second-order valence-corrected chi connectivity index (χ2v) is 4.90. The summed E-state index contributed by atoms with van der Waals surface area (Å²) in [5.41, 5.74) is 6.27. The fourth-order valence-corrected chi connectivity index (χ4v) is 2.15. The van der Waals surface area contributed by atoms with Crippen LogP contribution in [0.25, 0.3) is 0 Å². The van der Waals surface area contributed by atoms with Gasteiger partial charge in [0.15, 0.2) is 0 Å². The fraction of sp³-hybridized carbons (Fsp3) is 0.538. The Morgan fingerprint density at radius 2 is 2.00 bits per heavy atom. The highest BCUT2D eigenvalue weighted by Crippen LogP contribution is 2.19. The van der Waals surface area contributed by atoms with E-state index >= 15 is 0 Å². The number of piperazine rings is 1. The molecule has 1 saturated heterocycles. The third-order valence-electron chi connectivity index (χ3n) is 3.43. The Hall–Kier alpha value is -1.17. The van der Waals surface area contributed by atoms with Crippen LogP contribution in [0.4, 0.5) is 10.1 Å². The number of rotatable bonds is 3. The zero-order valence-electron chi connectivity index (χ0n) is 10.6. The highest BCUT2D eigenvalue weighted by molar-refractivity contribution is 5.43. The molecule has 4 nitrogen and oxygen atoms in total. The monoisotopic (exact) mass is 253 g/mol. The Balaban J connectivity index is 1.94. The number of hydrogen-bond acceptors (Lipinski definition) is 4. The van der Waals surface area contributed by atoms with E-state index in [2.05, 4.69) is 16.8 Å². The summed E-state index contributed by atoms with van der Waals surface area (Å²) in [7, 11) is 2.09. The Kier molecular flexibility index (Phi) is 4.16. The summed E-state index contributed by atoms with van der Waals surface area (Å²) in [6.45, 7) is 4.49. The van der Waals surface area contributed by atoms with Crippen molar-refractivity contribution in [2.75, 3.05) is 45.5 Å². The maximum atomic E-state index is 13.0. The van der Waals surface area contributed by atoms with Gasteiger partial charge in [-0.3, -0.25) is 4.90 Å². The van der Waals surface area contributed by atoms with Gasteiger partial charge in [-0.25, -0.2) is 4.39 Å². The zero-order valence-corrected chi connectivity index (χ0v) is 10.6. The summed E-state index contributed by atoms with van der Waals surface area (Å²) >= 11 is 0. The summed E-state index contributed by atoms with van der Waals surface area (Å²) in [4.78, 5) is 4.48. The minimum atomic E-state index is -0.615. The van der Waals surface area contributed by atoms with E-state index in [1.165, 1.54) is 12.1 Å². The zero-order chi connectivity index (χ0) is 13.1. The molecule has 0 bridgehead atoms. The van der Waals surface area contributed by atoms with Crippen molar-refractivity contribution in [1.29, 1.82) is 0 Å². The van der Waals surface area contributed by atoms with Crippen molar-refractivity contribution in [3.05, 3.63) is 29.6 Å². The number of aliphatic hydroxyl groups is 1. The molecule has 0 amide bonds. The van der Waals surface area contributed by atoms with E-state index in [-0.39, 0.29) is 5.69 Å². The number of likely N-dealkylation sites (N-methyl/N-ethyl adjacent to an activating group) is 1. The van der Waals surface area contributed by atoms with Crippen LogP contribution in [0.2, 0.25) is 0 Å². The maximum absolute atomic E-state index is 13.0. The van der Waals surface area contributed by atoms with Crippen LogP contribution in [0.1, 0.15) is 11.7 Å². The summed E-state index contributed by atoms with van der Waals surface area (Å²) in [6.07, 6.45) is -0.615. The van der Waals surface area contributed by atoms with Crippen LogP contribution in [0.5, 0.6) is 0 Å². The van der Waals surface area contributed by atoms with E-state index < -0.39 is 11.9 Å². The molecule has 3 N–H and O–H groups in total. The minimum absolute atomic E-state index is 0.0879. The lowest BCUT2D eigenvalue weighted by Gasteiger charge is -2.33. The summed E-state index contributed by atoms with van der Waals surface area (Å²) in [5.74, 6) is -0.439. The van der Waals surface area contributed by atoms with Crippen LogP contribution in [0.15, 0.2) is 18.2 Å². The average molecular weight is 253 g/mol. The van der Waals surface area contributed by atoms with Crippen molar-refractivity contribution in [2.45, 2.75) is 6.10 Å². The number of anilines is 1. The van der Waals surface area contributed by atoms with Gasteiger partial charge in [-0.05, 0) is 24.7 Å². The molecule has 1 fully saturated rings. The van der Waals surface area contributed by atoms with Gasteiger partial charge in [0.05, 0.1) is 11.8 Å². The van der Waals surface area contributed by atoms with Gasteiger partial charge in [0.25, 0.3) is 0 Å². The van der Waals surface area contributed by atoms with Crippen LogP contribution < -0.4 is 5.73 Å². The molecule has 0 spiro atoms. The third kappa shape index (κ3) is 3.19. The highest BCUT2D eigenvalue weighted by Gasteiger charge is 2.18. The molecule has 100 valence electrons. The van der Waals surface area contributed by atoms with E-state index in [9.17, 15) is 9.50 Å². The Labute approximate surface area is 107 Å². The van der Waals surface area contributed by atoms with E-state index in [1.807, 2.05) is 0 Å². The van der Waals surface area contributed by atoms with E-state index in [1.54, 1.807) is 6.07 Å². The number of hydrogen-bond donors (Lipinski definition) is 2. The van der Waals surface area contributed by atoms with Gasteiger partial charge < -0.3 is 15.7 Å². The first-order valence-corrected chi connectivity index (χ1v) is 6.20. The number of nitrogen functional groups attached to an aromatic ring is 1. The SMILES string of the molecule is CN1CCN(CC(O)c2ccc(F)c(N)c2)CC1. The molecule has 1 aromatic carbocycles. The van der Waals surface area contributed by atoms with E-state index in [0.717, 1.165) is 26.2 Å². The molecule has 1 unspecified atom stereocenters. The standard InChI is InChI=1S/C13H20FN3O/c1-16-4-6-17(7-5-16)9-13(18)10-2-3-11(14)12(15)8-10/h2-3,8,13,18H,4-7,9,15H2,1H3. The van der Waals surface area contributed by atoms with Crippen LogP contribution in [0, 0.1) is 5.82 Å². The molecule has 1 aliphatic heterocycles. The topological polar surface area (TPSA) is 52.7 Å². The van der Waals surface area contributed by atoms with Crippen molar-refractivity contribution in [3.63, 3.8) is 0 Å². The first-order chi connectivity index (χ1) is 8.56. The fourth-order valence-electron chi connectivity index (χ4n) is 2.15. The molecule has 1 aliphatic rings. The van der Waals surface area contributed by atoms with Crippen molar-refractivity contribution in [1.82, 2.24) is 9.80 Å². The number of halogens is 1. The number of nitrogens with zero attached hydrogens (tertiary/aromatic N) is 2. The molecular formula is C13H20FN3O. The number of β-amino-alcohol motifs (C(OH)–C–C–N with tert-alkyl or cyclic N) is 1. The molecule has 1 heterocycles. The van der Waals surface area contributed by atoms with Crippen molar-refractivity contribution >= 4 is 5.69 Å². The van der Waals surface area contributed by atoms with E-state index in [0.29, 0.717) is 12.1 Å². The molecule has 0 saturated carbocycles. The summed E-state index contributed by atoms with van der Waals surface area (Å²) < 4.78 is 13.0. The van der Waals surface area contributed by atoms with E-state index in [4.69, 9.17) is 5.73 Å². The molecule has 0 radical (unpaired) electrons. The highest BCUT2D eigenvalue weighted by atomic mass is 19.1. The number of aliphatic hydroxyl groups excluding tert-OH is 1. The maximum Gasteiger partial charge on any atom is 0.146 e. The minimum Gasteiger partial charge on any atom is -0.396 e. The molecule has 2 rings (SSSR count). The molecule has 1 atom stereocenters. The van der Waals surface area contributed by atoms with Crippen LogP contribution >= 0.6 is 0 Å². The lowest BCUT2D eigenvalue weighted by atomic mass is 10.1. The predicted molar refractivity (Wildman–Crippen MR) is 69.7 cm³/mol. The van der Waals surface area contributed by atoms with Crippen molar-refractivity contribution < 1.29 is 9.50 Å². The molecular weight excluding hydrogens is 233 g/mol. The number of nitrogens with two attached hydrogens (primary N) is 1. The lowest BCUT2D eigenvalue weighted by molar-refractivity contribution is 0.0805. The van der Waals surface area contributed by atoms with Crippen LogP contribution in [-0.2, 0) is 0 Å². The lowest BCUT2D eigenvalue weighted by Crippen LogP contribution is -2.45. The first kappa shape index (κ1) is 13.3. The smallest absolute Gasteiger partial charge is 0.146 e. The van der Waals surface area contributed by atoms with Gasteiger partial charge in [-0.15, -0.1) is 0 Å². The normalized spacial score (nSPS) is 19.9. The summed E-state index contributed by atoms with van der Waals surface area (Å²) in [6, 6.07) is 4.40.